The molecule has 2 heterocycles. The minimum atomic E-state index is -0.920. The van der Waals surface area contributed by atoms with Gasteiger partial charge in [-0.05, 0) is 48.4 Å². The molecule has 2 N–H and O–H groups in total. The molecule has 0 aliphatic heterocycles. The van der Waals surface area contributed by atoms with Crippen LogP contribution in [0.2, 0.25) is 0 Å². The van der Waals surface area contributed by atoms with Gasteiger partial charge >= 0.3 is 5.97 Å². The summed E-state index contributed by atoms with van der Waals surface area (Å²) in [5, 5.41) is 14.1. The Hall–Kier alpha value is -2.67. The van der Waals surface area contributed by atoms with Gasteiger partial charge in [-0.15, -0.1) is 11.3 Å². The molecule has 7 heteroatoms. The number of fused-ring (bicyclic) bond motifs is 1. The number of hydrogen-bond donors (Lipinski definition) is 2. The third kappa shape index (κ3) is 5.34. The summed E-state index contributed by atoms with van der Waals surface area (Å²) in [7, 11) is 0. The first-order valence-corrected chi connectivity index (χ1v) is 11.8. The quantitative estimate of drug-likeness (QED) is 0.448. The summed E-state index contributed by atoms with van der Waals surface area (Å²) in [5.41, 5.74) is 2.33. The monoisotopic (exact) mass is 441 g/mol. The van der Waals surface area contributed by atoms with E-state index in [1.165, 1.54) is 4.88 Å². The van der Waals surface area contributed by atoms with Crippen molar-refractivity contribution in [3.63, 3.8) is 0 Å². The average Bonchev–Trinajstić information content (AvgIpc) is 3.36. The van der Waals surface area contributed by atoms with Crippen molar-refractivity contribution in [2.24, 2.45) is 5.92 Å². The highest BCUT2D eigenvalue weighted by molar-refractivity contribution is 7.09. The number of carboxylic acids is 1. The van der Waals surface area contributed by atoms with Gasteiger partial charge in [0, 0.05) is 28.9 Å². The van der Waals surface area contributed by atoms with Gasteiger partial charge in [0.2, 0.25) is 0 Å². The van der Waals surface area contributed by atoms with Crippen LogP contribution in [0, 0.1) is 5.92 Å². The maximum absolute atomic E-state index is 12.8. The molecule has 0 saturated heterocycles. The number of amides is 1. The molecule has 0 fully saturated rings. The van der Waals surface area contributed by atoms with E-state index in [-0.39, 0.29) is 18.2 Å². The van der Waals surface area contributed by atoms with Gasteiger partial charge in [-0.3, -0.25) is 9.59 Å². The molecular weight excluding hydrogens is 410 g/mol. The van der Waals surface area contributed by atoms with Crippen LogP contribution in [0.1, 0.15) is 74.1 Å². The van der Waals surface area contributed by atoms with Crippen molar-refractivity contribution in [1.29, 1.82) is 0 Å². The molecule has 3 rings (SSSR count). The summed E-state index contributed by atoms with van der Waals surface area (Å²) in [6, 6.07) is 9.70. The first kappa shape index (κ1) is 23.0. The highest BCUT2D eigenvalue weighted by Gasteiger charge is 2.22. The van der Waals surface area contributed by atoms with E-state index in [0.717, 1.165) is 36.1 Å². The van der Waals surface area contributed by atoms with E-state index in [9.17, 15) is 9.59 Å². The van der Waals surface area contributed by atoms with Gasteiger partial charge in [-0.25, -0.2) is 4.98 Å². The first-order chi connectivity index (χ1) is 14.8. The highest BCUT2D eigenvalue weighted by atomic mass is 32.1. The lowest BCUT2D eigenvalue weighted by Crippen LogP contribution is -2.40. The molecule has 1 amide bonds. The maximum atomic E-state index is 12.8. The van der Waals surface area contributed by atoms with Crippen LogP contribution in [0.3, 0.4) is 0 Å². The van der Waals surface area contributed by atoms with Crippen LogP contribution in [0.4, 0.5) is 0 Å². The summed E-state index contributed by atoms with van der Waals surface area (Å²) < 4.78 is 2.32. The second-order valence-electron chi connectivity index (χ2n) is 8.25. The lowest BCUT2D eigenvalue weighted by molar-refractivity contribution is -0.137. The van der Waals surface area contributed by atoms with Crippen LogP contribution in [0.15, 0.2) is 35.7 Å². The number of aliphatic carboxylic acids is 1. The SMILES string of the molecule is CCC(CC)n1c(Cc2cccs2)nc2cc(C(=O)N[C@H](CC(=O)O)C(C)C)ccc21. The van der Waals surface area contributed by atoms with E-state index in [4.69, 9.17) is 10.1 Å². The Kier molecular flexibility index (Phi) is 7.49. The van der Waals surface area contributed by atoms with Crippen LogP contribution >= 0.6 is 11.3 Å². The molecule has 1 aromatic carbocycles. The molecule has 0 unspecified atom stereocenters. The van der Waals surface area contributed by atoms with Gasteiger partial charge in [0.05, 0.1) is 17.5 Å². The number of imidazole rings is 1. The first-order valence-electron chi connectivity index (χ1n) is 10.9. The van der Waals surface area contributed by atoms with Crippen LogP contribution in [0.25, 0.3) is 11.0 Å². The van der Waals surface area contributed by atoms with Crippen molar-refractivity contribution in [2.75, 3.05) is 0 Å². The van der Waals surface area contributed by atoms with E-state index >= 15 is 0 Å². The normalized spacial score (nSPS) is 12.6. The molecule has 166 valence electrons. The molecule has 1 atom stereocenters. The summed E-state index contributed by atoms with van der Waals surface area (Å²) in [6.07, 6.45) is 2.68. The number of benzene rings is 1. The number of hydrogen-bond acceptors (Lipinski definition) is 4. The predicted molar refractivity (Wildman–Crippen MR) is 125 cm³/mol. The molecule has 0 bridgehead atoms. The van der Waals surface area contributed by atoms with Gasteiger partial charge in [0.25, 0.3) is 5.91 Å². The highest BCUT2D eigenvalue weighted by Crippen LogP contribution is 2.28. The lowest BCUT2D eigenvalue weighted by Gasteiger charge is -2.21. The summed E-state index contributed by atoms with van der Waals surface area (Å²) in [4.78, 5) is 30.1. The van der Waals surface area contributed by atoms with Gasteiger partial charge < -0.3 is 15.0 Å². The molecule has 31 heavy (non-hydrogen) atoms. The fourth-order valence-corrected chi connectivity index (χ4v) is 4.64. The predicted octanol–water partition coefficient (Wildman–Crippen LogP) is 5.28. The molecule has 0 saturated carbocycles. The van der Waals surface area contributed by atoms with E-state index in [1.54, 1.807) is 11.3 Å². The number of nitrogens with one attached hydrogen (secondary N) is 1. The number of carbonyl (C=O) groups is 2. The van der Waals surface area contributed by atoms with Crippen LogP contribution in [-0.2, 0) is 11.2 Å². The third-order valence-electron chi connectivity index (χ3n) is 5.76. The molecular formula is C24H31N3O3S. The minimum Gasteiger partial charge on any atom is -0.481 e. The zero-order chi connectivity index (χ0) is 22.5. The second-order valence-corrected chi connectivity index (χ2v) is 9.28. The number of thiophene rings is 1. The molecule has 0 spiro atoms. The molecule has 6 nitrogen and oxygen atoms in total. The minimum absolute atomic E-state index is 0.0234. The Bertz CT molecular complexity index is 1040. The average molecular weight is 442 g/mol. The van der Waals surface area contributed by atoms with Crippen molar-refractivity contribution in [3.05, 3.63) is 52.0 Å². The van der Waals surface area contributed by atoms with E-state index in [2.05, 4.69) is 41.2 Å². The number of carbonyl (C=O) groups excluding carboxylic acids is 1. The Balaban J connectivity index is 1.96. The zero-order valence-electron chi connectivity index (χ0n) is 18.6. The fourth-order valence-electron chi connectivity index (χ4n) is 3.94. The Morgan fingerprint density at radius 2 is 1.94 bits per heavy atom. The largest absolute Gasteiger partial charge is 0.481 e. The Labute approximate surface area is 187 Å². The smallest absolute Gasteiger partial charge is 0.305 e. The van der Waals surface area contributed by atoms with Crippen LogP contribution in [0.5, 0.6) is 0 Å². The standard InChI is InChI=1S/C24H31N3O3S/c1-5-17(6-2)27-21-10-9-16(24(30)26-19(15(3)4)14-23(28)29)12-20(21)25-22(27)13-18-8-7-11-31-18/h7-12,15,17,19H,5-6,13-14H2,1-4H3,(H,26,30)(H,28,29)/t19-/m1/s1. The van der Waals surface area contributed by atoms with E-state index in [0.29, 0.717) is 11.6 Å². The van der Waals surface area contributed by atoms with Crippen LogP contribution in [-0.4, -0.2) is 32.6 Å². The molecule has 3 aromatic rings. The molecule has 0 aliphatic rings. The summed E-state index contributed by atoms with van der Waals surface area (Å²) in [6.45, 7) is 8.19. The third-order valence-corrected chi connectivity index (χ3v) is 6.64. The number of aromatic nitrogens is 2. The Morgan fingerprint density at radius 3 is 2.52 bits per heavy atom. The van der Waals surface area contributed by atoms with Gasteiger partial charge in [-0.1, -0.05) is 33.8 Å². The summed E-state index contributed by atoms with van der Waals surface area (Å²) in [5.74, 6) is -0.153. The summed E-state index contributed by atoms with van der Waals surface area (Å²) >= 11 is 1.72. The molecule has 0 radical (unpaired) electrons. The van der Waals surface area contributed by atoms with Gasteiger partial charge in [-0.2, -0.15) is 0 Å². The number of rotatable bonds is 10. The Morgan fingerprint density at radius 1 is 1.19 bits per heavy atom. The van der Waals surface area contributed by atoms with Crippen LogP contribution < -0.4 is 5.32 Å². The molecule has 2 aromatic heterocycles. The van der Waals surface area contributed by atoms with Gasteiger partial charge in [0.1, 0.15) is 5.82 Å². The lowest BCUT2D eigenvalue weighted by atomic mass is 10.0. The van der Waals surface area contributed by atoms with E-state index in [1.807, 2.05) is 32.0 Å². The van der Waals surface area contributed by atoms with Crippen molar-refractivity contribution >= 4 is 34.2 Å². The number of carboxylic acid groups (broad SMARTS) is 1. The fraction of sp³-hybridized carbons (Fsp3) is 0.458. The zero-order valence-corrected chi connectivity index (χ0v) is 19.4. The van der Waals surface area contributed by atoms with E-state index < -0.39 is 12.0 Å². The van der Waals surface area contributed by atoms with Crippen molar-refractivity contribution in [2.45, 2.75) is 65.5 Å². The van der Waals surface area contributed by atoms with Crippen molar-refractivity contribution in [1.82, 2.24) is 14.9 Å². The molecule has 0 aliphatic carbocycles. The van der Waals surface area contributed by atoms with Crippen molar-refractivity contribution in [3.8, 4) is 0 Å². The topological polar surface area (TPSA) is 84.2 Å². The van der Waals surface area contributed by atoms with Gasteiger partial charge in [0.15, 0.2) is 0 Å². The second kappa shape index (κ2) is 10.1. The van der Waals surface area contributed by atoms with Crippen molar-refractivity contribution < 1.29 is 14.7 Å². The number of nitrogens with zero attached hydrogens (tertiary/aromatic N) is 2. The maximum Gasteiger partial charge on any atom is 0.305 e.